The Kier molecular flexibility index (Phi) is 4.29. The predicted octanol–water partition coefficient (Wildman–Crippen LogP) is 3.64. The lowest BCUT2D eigenvalue weighted by atomic mass is 9.94. The van der Waals surface area contributed by atoms with Crippen LogP contribution in [-0.2, 0) is 13.0 Å². The third-order valence-corrected chi connectivity index (χ3v) is 6.61. The van der Waals surface area contributed by atoms with Crippen LogP contribution in [0.5, 0.6) is 0 Å². The number of thioether (sulfide) groups is 1. The zero-order chi connectivity index (χ0) is 19.3. The van der Waals surface area contributed by atoms with Crippen molar-refractivity contribution in [1.82, 2.24) is 19.7 Å². The number of halogens is 1. The van der Waals surface area contributed by atoms with Crippen molar-refractivity contribution in [3.63, 3.8) is 0 Å². The molecule has 0 spiro atoms. The molecule has 0 bridgehead atoms. The molecule has 0 radical (unpaired) electrons. The average molecular weight is 394 g/mol. The fraction of sp³-hybridized carbons (Fsp3) is 0.286. The van der Waals surface area contributed by atoms with E-state index >= 15 is 0 Å². The molecule has 28 heavy (non-hydrogen) atoms. The van der Waals surface area contributed by atoms with Gasteiger partial charge in [0.15, 0.2) is 5.16 Å². The van der Waals surface area contributed by atoms with Crippen LogP contribution in [0.1, 0.15) is 33.4 Å². The number of carbonyl (C=O) groups is 1. The monoisotopic (exact) mass is 394 g/mol. The van der Waals surface area contributed by atoms with Gasteiger partial charge in [0.05, 0.1) is 6.04 Å². The van der Waals surface area contributed by atoms with Crippen molar-refractivity contribution in [2.45, 2.75) is 36.3 Å². The Labute approximate surface area is 166 Å². The van der Waals surface area contributed by atoms with Crippen LogP contribution in [0.15, 0.2) is 53.7 Å². The van der Waals surface area contributed by atoms with Gasteiger partial charge in [-0.15, -0.1) is 5.10 Å². The molecule has 0 saturated heterocycles. The Bertz CT molecular complexity index is 1050. The van der Waals surface area contributed by atoms with E-state index in [-0.39, 0.29) is 23.0 Å². The number of aryl methyl sites for hydroxylation is 1. The first-order valence-corrected chi connectivity index (χ1v) is 10.2. The zero-order valence-corrected chi connectivity index (χ0v) is 16.2. The number of rotatable bonds is 3. The van der Waals surface area contributed by atoms with Crippen molar-refractivity contribution in [2.75, 3.05) is 6.54 Å². The van der Waals surface area contributed by atoms with E-state index < -0.39 is 0 Å². The van der Waals surface area contributed by atoms with E-state index in [1.165, 1.54) is 39.7 Å². The topological polar surface area (TPSA) is 51.0 Å². The van der Waals surface area contributed by atoms with Crippen LogP contribution >= 0.6 is 11.8 Å². The van der Waals surface area contributed by atoms with E-state index in [1.54, 1.807) is 19.1 Å². The average Bonchev–Trinajstić information content (AvgIpc) is 3.21. The van der Waals surface area contributed by atoms with Crippen molar-refractivity contribution in [2.24, 2.45) is 0 Å². The number of hydrogen-bond acceptors (Lipinski definition) is 5. The van der Waals surface area contributed by atoms with E-state index in [0.29, 0.717) is 11.0 Å². The minimum absolute atomic E-state index is 0.0613. The summed E-state index contributed by atoms with van der Waals surface area (Å²) in [4.78, 5) is 19.8. The molecular formula is C21H19FN4OS. The molecule has 0 saturated carbocycles. The Morgan fingerprint density at radius 3 is 2.64 bits per heavy atom. The highest BCUT2D eigenvalue weighted by atomic mass is 32.2. The first kappa shape index (κ1) is 17.6. The smallest absolute Gasteiger partial charge is 0.264 e. The maximum absolute atomic E-state index is 13.5. The van der Waals surface area contributed by atoms with Crippen LogP contribution in [0.3, 0.4) is 0 Å². The number of hydrogen-bond donors (Lipinski definition) is 0. The summed E-state index contributed by atoms with van der Waals surface area (Å²) in [5, 5.41) is 4.53. The summed E-state index contributed by atoms with van der Waals surface area (Å²) < 4.78 is 15.0. The van der Waals surface area contributed by atoms with Crippen molar-refractivity contribution < 1.29 is 9.18 Å². The summed E-state index contributed by atoms with van der Waals surface area (Å²) in [5.41, 5.74) is 3.57. The number of benzene rings is 2. The fourth-order valence-electron chi connectivity index (χ4n) is 4.09. The highest BCUT2D eigenvalue weighted by molar-refractivity contribution is 8.00. The third kappa shape index (κ3) is 2.95. The van der Waals surface area contributed by atoms with Gasteiger partial charge in [0.2, 0.25) is 0 Å². The van der Waals surface area contributed by atoms with Crippen molar-refractivity contribution >= 4 is 17.7 Å². The fourth-order valence-corrected chi connectivity index (χ4v) is 5.39. The van der Waals surface area contributed by atoms with Crippen LogP contribution < -0.4 is 0 Å². The van der Waals surface area contributed by atoms with Crippen molar-refractivity contribution in [3.8, 4) is 0 Å². The molecule has 1 aromatic heterocycles. The van der Waals surface area contributed by atoms with Gasteiger partial charge < -0.3 is 0 Å². The maximum atomic E-state index is 13.5. The standard InChI is InChI=1S/C21H19FN4OS/c1-13-23-21-26(24-13)20(27)19(28-21)18(15-6-8-17(22)9-7-15)25-11-10-14-4-2-3-5-16(14)12-25/h2-9,18-19H,10-12H2,1H3. The van der Waals surface area contributed by atoms with Crippen LogP contribution in [0.2, 0.25) is 0 Å². The van der Waals surface area contributed by atoms with E-state index in [0.717, 1.165) is 25.1 Å². The van der Waals surface area contributed by atoms with E-state index in [2.05, 4.69) is 33.2 Å². The molecule has 0 aliphatic carbocycles. The second-order valence-electron chi connectivity index (χ2n) is 7.22. The normalized spacial score (nSPS) is 20.1. The highest BCUT2D eigenvalue weighted by Crippen LogP contribution is 2.42. The molecule has 2 atom stereocenters. The van der Waals surface area contributed by atoms with Crippen LogP contribution in [0, 0.1) is 12.7 Å². The summed E-state index contributed by atoms with van der Waals surface area (Å²) in [6.45, 7) is 3.39. The predicted molar refractivity (Wildman–Crippen MR) is 105 cm³/mol. The minimum atomic E-state index is -0.355. The molecule has 7 heteroatoms. The summed E-state index contributed by atoms with van der Waals surface area (Å²) in [6.07, 6.45) is 0.932. The first-order chi connectivity index (χ1) is 13.6. The molecule has 2 aromatic carbocycles. The number of nitrogens with zero attached hydrogens (tertiary/aromatic N) is 4. The molecule has 0 N–H and O–H groups in total. The van der Waals surface area contributed by atoms with E-state index in [4.69, 9.17) is 0 Å². The van der Waals surface area contributed by atoms with Crippen LogP contribution in [-0.4, -0.2) is 37.4 Å². The SMILES string of the molecule is Cc1nc2n(n1)C(=O)C(C(c1ccc(F)cc1)N1CCc3ccccc3C1)S2. The molecule has 2 aliphatic rings. The molecule has 0 amide bonds. The van der Waals surface area contributed by atoms with E-state index in [1.807, 2.05) is 6.07 Å². The summed E-state index contributed by atoms with van der Waals surface area (Å²) in [5.74, 6) is 0.260. The van der Waals surface area contributed by atoms with Crippen LogP contribution in [0.25, 0.3) is 0 Å². The second-order valence-corrected chi connectivity index (χ2v) is 8.32. The molecular weight excluding hydrogens is 375 g/mol. The van der Waals surface area contributed by atoms with Gasteiger partial charge in [-0.3, -0.25) is 9.69 Å². The molecule has 2 aliphatic heterocycles. The number of aromatic nitrogens is 3. The molecule has 0 fully saturated rings. The number of fused-ring (bicyclic) bond motifs is 2. The van der Waals surface area contributed by atoms with Crippen LogP contribution in [0.4, 0.5) is 4.39 Å². The lowest BCUT2D eigenvalue weighted by molar-refractivity contribution is 0.0824. The molecule has 5 nitrogen and oxygen atoms in total. The van der Waals surface area contributed by atoms with Gasteiger partial charge in [0.25, 0.3) is 5.91 Å². The minimum Gasteiger partial charge on any atom is -0.290 e. The van der Waals surface area contributed by atoms with Crippen molar-refractivity contribution in [1.29, 1.82) is 0 Å². The summed E-state index contributed by atoms with van der Waals surface area (Å²) in [7, 11) is 0. The quantitative estimate of drug-likeness (QED) is 0.679. The summed E-state index contributed by atoms with van der Waals surface area (Å²) >= 11 is 1.45. The van der Waals surface area contributed by atoms with Gasteiger partial charge in [-0.2, -0.15) is 4.68 Å². The van der Waals surface area contributed by atoms with Gasteiger partial charge in [-0.05, 0) is 42.2 Å². The van der Waals surface area contributed by atoms with Gasteiger partial charge in [-0.1, -0.05) is 48.2 Å². The molecule has 5 rings (SSSR count). The molecule has 142 valence electrons. The highest BCUT2D eigenvalue weighted by Gasteiger charge is 2.43. The Balaban J connectivity index is 1.52. The maximum Gasteiger partial charge on any atom is 0.264 e. The Morgan fingerprint density at radius 2 is 1.89 bits per heavy atom. The second kappa shape index (κ2) is 6.83. The van der Waals surface area contributed by atoms with E-state index in [9.17, 15) is 9.18 Å². The third-order valence-electron chi connectivity index (χ3n) is 5.42. The zero-order valence-electron chi connectivity index (χ0n) is 15.4. The molecule has 3 aromatic rings. The first-order valence-electron chi connectivity index (χ1n) is 9.31. The van der Waals surface area contributed by atoms with Gasteiger partial charge in [0.1, 0.15) is 16.9 Å². The number of carbonyl (C=O) groups excluding carboxylic acids is 1. The van der Waals surface area contributed by atoms with Gasteiger partial charge in [0, 0.05) is 13.1 Å². The summed E-state index contributed by atoms with van der Waals surface area (Å²) in [6, 6.07) is 14.7. The molecule has 2 unspecified atom stereocenters. The lowest BCUT2D eigenvalue weighted by Gasteiger charge is -2.37. The van der Waals surface area contributed by atoms with Gasteiger partial charge >= 0.3 is 0 Å². The molecule has 3 heterocycles. The Morgan fingerprint density at radius 1 is 1.14 bits per heavy atom. The van der Waals surface area contributed by atoms with Crippen molar-refractivity contribution in [3.05, 3.63) is 76.9 Å². The van der Waals surface area contributed by atoms with Gasteiger partial charge in [-0.25, -0.2) is 9.37 Å². The largest absolute Gasteiger partial charge is 0.290 e. The Hall–Kier alpha value is -2.51. The lowest BCUT2D eigenvalue weighted by Crippen LogP contribution is -2.41.